The molecule has 4 nitrogen and oxygen atoms in total. The minimum absolute atomic E-state index is 0.0567. The number of pyridine rings is 1. The maximum atomic E-state index is 12.6. The lowest BCUT2D eigenvalue weighted by atomic mass is 10.2. The second kappa shape index (κ2) is 5.59. The third-order valence-corrected chi connectivity index (χ3v) is 4.69. The van der Waals surface area contributed by atoms with Crippen LogP contribution in [-0.2, 0) is 0 Å². The summed E-state index contributed by atoms with van der Waals surface area (Å²) >= 11 is 3.42. The molecule has 3 rings (SSSR count). The van der Waals surface area contributed by atoms with Gasteiger partial charge in [-0.3, -0.25) is 9.69 Å². The van der Waals surface area contributed by atoms with Crippen LogP contribution in [0.25, 0.3) is 0 Å². The zero-order valence-electron chi connectivity index (χ0n) is 10.9. The first-order valence-corrected chi connectivity index (χ1v) is 7.69. The van der Waals surface area contributed by atoms with E-state index in [0.717, 1.165) is 30.5 Å². The third kappa shape index (κ3) is 2.67. The lowest BCUT2D eigenvalue weighted by Gasteiger charge is -2.25. The summed E-state index contributed by atoms with van der Waals surface area (Å²) < 4.78 is 0.785. The van der Waals surface area contributed by atoms with Crippen LogP contribution in [0.2, 0.25) is 0 Å². The van der Waals surface area contributed by atoms with Crippen LogP contribution >= 0.6 is 15.9 Å². The number of fused-ring (bicyclic) bond motifs is 1. The number of halogens is 1. The predicted molar refractivity (Wildman–Crippen MR) is 77.1 cm³/mol. The first-order valence-electron chi connectivity index (χ1n) is 6.89. The molecule has 0 aromatic carbocycles. The van der Waals surface area contributed by atoms with Crippen LogP contribution in [-0.4, -0.2) is 52.9 Å². The third-order valence-electron chi connectivity index (χ3n) is 4.05. The Bertz CT molecular complexity index is 480. The molecule has 0 spiro atoms. The van der Waals surface area contributed by atoms with Crippen LogP contribution in [0.4, 0.5) is 0 Å². The molecule has 2 aliphatic heterocycles. The van der Waals surface area contributed by atoms with Gasteiger partial charge in [-0.2, -0.15) is 0 Å². The lowest BCUT2D eigenvalue weighted by Crippen LogP contribution is -2.40. The summed E-state index contributed by atoms with van der Waals surface area (Å²) in [6.07, 6.45) is 5.22. The maximum absolute atomic E-state index is 12.6. The summed E-state index contributed by atoms with van der Waals surface area (Å²) in [7, 11) is 0. The largest absolute Gasteiger partial charge is 0.336 e. The van der Waals surface area contributed by atoms with Crippen molar-refractivity contribution in [2.45, 2.75) is 25.3 Å². The van der Waals surface area contributed by atoms with Gasteiger partial charge in [-0.1, -0.05) is 0 Å². The summed E-state index contributed by atoms with van der Waals surface area (Å²) in [4.78, 5) is 21.3. The van der Waals surface area contributed by atoms with E-state index >= 15 is 0 Å². The normalized spacial score (nSPS) is 24.1. The summed E-state index contributed by atoms with van der Waals surface area (Å²) in [5.41, 5.74) is 0.536. The second-order valence-corrected chi connectivity index (χ2v) is 6.12. The first-order chi connectivity index (χ1) is 9.25. The quantitative estimate of drug-likeness (QED) is 0.794. The highest BCUT2D eigenvalue weighted by atomic mass is 79.9. The highest BCUT2D eigenvalue weighted by molar-refractivity contribution is 9.10. The standard InChI is InChI=1S/C14H18BrN3O/c15-12-5-1-6-16-13(12)14(19)18-9-3-8-17-7-2-4-11(17)10-18/h1,5-6,11H,2-4,7-10H2. The molecule has 1 atom stereocenters. The summed E-state index contributed by atoms with van der Waals surface area (Å²) in [6.45, 7) is 4.01. The van der Waals surface area contributed by atoms with E-state index in [9.17, 15) is 4.79 Å². The second-order valence-electron chi connectivity index (χ2n) is 5.27. The molecule has 2 aliphatic rings. The van der Waals surface area contributed by atoms with E-state index < -0.39 is 0 Å². The Morgan fingerprint density at radius 2 is 2.16 bits per heavy atom. The Kier molecular flexibility index (Phi) is 3.84. The van der Waals surface area contributed by atoms with E-state index in [1.807, 2.05) is 17.0 Å². The number of hydrogen-bond donors (Lipinski definition) is 0. The van der Waals surface area contributed by atoms with Gasteiger partial charge < -0.3 is 4.90 Å². The average molecular weight is 324 g/mol. The van der Waals surface area contributed by atoms with Gasteiger partial charge >= 0.3 is 0 Å². The molecule has 2 saturated heterocycles. The average Bonchev–Trinajstić information content (AvgIpc) is 2.76. The molecule has 0 saturated carbocycles. The minimum Gasteiger partial charge on any atom is -0.336 e. The van der Waals surface area contributed by atoms with Crippen molar-refractivity contribution in [3.8, 4) is 0 Å². The van der Waals surface area contributed by atoms with Crippen molar-refractivity contribution >= 4 is 21.8 Å². The Balaban J connectivity index is 1.78. The number of nitrogens with zero attached hydrogens (tertiary/aromatic N) is 3. The van der Waals surface area contributed by atoms with Crippen LogP contribution in [0.5, 0.6) is 0 Å². The Hall–Kier alpha value is -0.940. The van der Waals surface area contributed by atoms with Crippen LogP contribution in [0.1, 0.15) is 29.8 Å². The van der Waals surface area contributed by atoms with Crippen molar-refractivity contribution in [2.24, 2.45) is 0 Å². The lowest BCUT2D eigenvalue weighted by molar-refractivity contribution is 0.0736. The number of rotatable bonds is 1. The molecule has 1 amide bonds. The van der Waals surface area contributed by atoms with Crippen molar-refractivity contribution in [3.05, 3.63) is 28.5 Å². The molecule has 0 N–H and O–H groups in total. The number of hydrogen-bond acceptors (Lipinski definition) is 3. The topological polar surface area (TPSA) is 36.4 Å². The fraction of sp³-hybridized carbons (Fsp3) is 0.571. The van der Waals surface area contributed by atoms with Gasteiger partial charge in [-0.15, -0.1) is 0 Å². The van der Waals surface area contributed by atoms with E-state index in [0.29, 0.717) is 11.7 Å². The van der Waals surface area contributed by atoms with Gasteiger partial charge in [-0.05, 0) is 53.9 Å². The van der Waals surface area contributed by atoms with Gasteiger partial charge in [-0.25, -0.2) is 4.98 Å². The molecule has 19 heavy (non-hydrogen) atoms. The molecule has 5 heteroatoms. The molecular formula is C14H18BrN3O. The molecule has 102 valence electrons. The highest BCUT2D eigenvalue weighted by Crippen LogP contribution is 2.23. The van der Waals surface area contributed by atoms with E-state index in [1.165, 1.54) is 19.4 Å². The van der Waals surface area contributed by atoms with Crippen molar-refractivity contribution in [2.75, 3.05) is 26.2 Å². The van der Waals surface area contributed by atoms with Crippen LogP contribution in [0.15, 0.2) is 22.8 Å². The summed E-state index contributed by atoms with van der Waals surface area (Å²) in [6, 6.07) is 4.26. The predicted octanol–water partition coefficient (Wildman–Crippen LogP) is 2.15. The Labute approximate surface area is 121 Å². The molecule has 0 radical (unpaired) electrons. The van der Waals surface area contributed by atoms with Crippen molar-refractivity contribution in [1.29, 1.82) is 0 Å². The van der Waals surface area contributed by atoms with Gasteiger partial charge in [0, 0.05) is 36.3 Å². The van der Waals surface area contributed by atoms with Crippen LogP contribution in [0.3, 0.4) is 0 Å². The monoisotopic (exact) mass is 323 g/mol. The molecule has 1 aromatic heterocycles. The van der Waals surface area contributed by atoms with Crippen LogP contribution < -0.4 is 0 Å². The van der Waals surface area contributed by atoms with Gasteiger partial charge in [0.15, 0.2) is 0 Å². The molecule has 3 heterocycles. The number of amides is 1. The zero-order chi connectivity index (χ0) is 13.2. The fourth-order valence-electron chi connectivity index (χ4n) is 3.08. The molecule has 2 fully saturated rings. The first kappa shape index (κ1) is 13.1. The van der Waals surface area contributed by atoms with Crippen molar-refractivity contribution in [1.82, 2.24) is 14.8 Å². The van der Waals surface area contributed by atoms with Gasteiger partial charge in [0.1, 0.15) is 5.69 Å². The minimum atomic E-state index is 0.0567. The molecule has 1 unspecified atom stereocenters. The van der Waals surface area contributed by atoms with E-state index in [2.05, 4.69) is 25.8 Å². The van der Waals surface area contributed by atoms with Gasteiger partial charge in [0.2, 0.25) is 0 Å². The zero-order valence-corrected chi connectivity index (χ0v) is 12.5. The maximum Gasteiger partial charge on any atom is 0.273 e. The highest BCUT2D eigenvalue weighted by Gasteiger charge is 2.31. The van der Waals surface area contributed by atoms with Crippen LogP contribution in [0, 0.1) is 0 Å². The smallest absolute Gasteiger partial charge is 0.273 e. The van der Waals surface area contributed by atoms with E-state index in [-0.39, 0.29) is 5.91 Å². The van der Waals surface area contributed by atoms with Crippen molar-refractivity contribution in [3.63, 3.8) is 0 Å². The van der Waals surface area contributed by atoms with Gasteiger partial charge in [0.25, 0.3) is 5.91 Å². The number of carbonyl (C=O) groups is 1. The SMILES string of the molecule is O=C(c1ncccc1Br)N1CCCN2CCCC2C1. The summed E-state index contributed by atoms with van der Waals surface area (Å²) in [5.74, 6) is 0.0567. The molecule has 0 bridgehead atoms. The summed E-state index contributed by atoms with van der Waals surface area (Å²) in [5, 5.41) is 0. The fourth-order valence-corrected chi connectivity index (χ4v) is 3.51. The Morgan fingerprint density at radius 1 is 1.32 bits per heavy atom. The Morgan fingerprint density at radius 3 is 3.00 bits per heavy atom. The number of carbonyl (C=O) groups excluding carboxylic acids is 1. The number of aromatic nitrogens is 1. The van der Waals surface area contributed by atoms with Gasteiger partial charge in [0.05, 0.1) is 0 Å². The van der Waals surface area contributed by atoms with E-state index in [1.54, 1.807) is 6.20 Å². The van der Waals surface area contributed by atoms with Crippen molar-refractivity contribution < 1.29 is 4.79 Å². The molecular weight excluding hydrogens is 306 g/mol. The molecule has 1 aromatic rings. The molecule has 0 aliphatic carbocycles. The van der Waals surface area contributed by atoms with E-state index in [4.69, 9.17) is 0 Å².